The van der Waals surface area contributed by atoms with Crippen LogP contribution in [0.3, 0.4) is 0 Å². The van der Waals surface area contributed by atoms with Gasteiger partial charge in [0.25, 0.3) is 5.91 Å². The van der Waals surface area contributed by atoms with E-state index in [9.17, 15) is 19.2 Å². The zero-order chi connectivity index (χ0) is 89.9. The van der Waals surface area contributed by atoms with Crippen molar-refractivity contribution in [2.45, 2.75) is 137 Å². The second-order valence-corrected chi connectivity index (χ2v) is 33.7. The number of nitrogen functional groups attached to an aromatic ring is 4. The molecule has 0 bridgehead atoms. The van der Waals surface area contributed by atoms with E-state index in [-0.39, 0.29) is 23.3 Å². The van der Waals surface area contributed by atoms with Crippen molar-refractivity contribution in [3.8, 4) is 0 Å². The molecule has 1 fully saturated rings. The molecule has 12 N–H and O–H groups in total. The summed E-state index contributed by atoms with van der Waals surface area (Å²) in [5.41, 5.74) is 32.8. The van der Waals surface area contributed by atoms with Crippen molar-refractivity contribution in [1.82, 2.24) is 69.9 Å². The van der Waals surface area contributed by atoms with Crippen molar-refractivity contribution in [3.05, 3.63) is 301 Å². The first-order valence-corrected chi connectivity index (χ1v) is 44.1. The molecule has 29 heteroatoms. The van der Waals surface area contributed by atoms with Crippen LogP contribution in [0.4, 0.5) is 40.7 Å². The fourth-order valence-electron chi connectivity index (χ4n) is 15.2. The van der Waals surface area contributed by atoms with E-state index in [1.54, 1.807) is 86.2 Å². The van der Waals surface area contributed by atoms with Gasteiger partial charge in [0, 0.05) is 186 Å². The molecule has 0 saturated carbocycles. The van der Waals surface area contributed by atoms with Crippen LogP contribution in [0, 0.1) is 0 Å². The van der Waals surface area contributed by atoms with Crippen LogP contribution in [0.15, 0.2) is 220 Å². The Morgan fingerprint density at radius 2 is 0.803 bits per heavy atom. The summed E-state index contributed by atoms with van der Waals surface area (Å²) in [6.45, 7) is 22.0. The average Bonchev–Trinajstić information content (AvgIpc) is 0.814. The summed E-state index contributed by atoms with van der Waals surface area (Å²) in [6, 6.07) is 47.5. The van der Waals surface area contributed by atoms with Crippen LogP contribution in [0.2, 0.25) is 20.1 Å². The minimum absolute atomic E-state index is 0.0171. The number of carbonyl (C=O) groups excluding carboxylic acids is 4. The van der Waals surface area contributed by atoms with Gasteiger partial charge in [-0.15, -0.1) is 0 Å². The Balaban J connectivity index is 0.000000154. The summed E-state index contributed by atoms with van der Waals surface area (Å²) in [4.78, 5) is 101. The van der Waals surface area contributed by atoms with Crippen molar-refractivity contribution >= 4 is 153 Å². The average molecular weight is 1780 g/mol. The number of Topliss-reactive ketones (excluding diaryl/α,β-unsaturated/α-hetero) is 3. The van der Waals surface area contributed by atoms with Crippen LogP contribution in [0.5, 0.6) is 0 Å². The van der Waals surface area contributed by atoms with Gasteiger partial charge in [0.15, 0.2) is 17.3 Å². The molecule has 127 heavy (non-hydrogen) atoms. The molecule has 0 unspecified atom stereocenters. The first-order valence-electron chi connectivity index (χ1n) is 42.6. The standard InChI is InChI=1S/C27H35ClN6O.C25H32ClN5O.2C23H20ClN5O/c1-19(2)34-14-12-33(13-15-34)11-3-9-31-27-24(17-22(28)18-32-27)25(35)7-5-20-4-6-23-21(16-20)8-10-30-26(23)29;1-16(2)31(17(3)4)11-5-6-23-22(13-20(26)15-29-23)25(32)30-14-18-7-8-21-19(12-18)9-10-28-24(21)27;24-18-12-20(23(29-14-18)28-13-16-5-8-26-9-6-16)21(30)4-2-15-1-3-19-17(11-15)7-10-27-22(19)25;24-18-11-20(23(29-14-18)28-13-16-2-1-8-26-12-16)21(30)6-4-15-3-5-19-17(10-15)7-9-27-22(19)25/h4,6,8,10,16-19H,3,5,7,9,11-15H2,1-2H3,(H2,29,30)(H,31,32);7-10,12-13,15-17H,5-6,11,14H2,1-4H3,(H2,27,28)(H,30,32);1,3,5-12,14H,2,4,13H2,(H2,25,27)(H,28,29);1-3,5,7-12,14H,4,6,13H2,(H2,25,27)(H,28,29). The minimum Gasteiger partial charge on any atom is -0.383 e. The third kappa shape index (κ3) is 27.0. The number of nitrogens with zero attached hydrogens (tertiary/aromatic N) is 13. The first-order chi connectivity index (χ1) is 61.4. The van der Waals surface area contributed by atoms with Crippen LogP contribution in [-0.2, 0) is 45.3 Å². The SMILES string of the molecule is CC(C)N(CCCc1ncc(Cl)cc1C(=O)NCc1ccc2c(N)nccc2c1)C(C)C.CC(C)N1CCN(CCCNc2ncc(Cl)cc2C(=O)CCc2ccc3c(N)nccc3c2)CC1.Nc1nccc2cc(CCC(=O)c3cc(Cl)cnc3NCc3cccnc3)ccc12.Nc1nccc2cc(CCC(=O)c3cc(Cl)cnc3NCc3ccncc3)ccc12. The predicted octanol–water partition coefficient (Wildman–Crippen LogP) is 18.7. The number of aromatic nitrogens is 10. The van der Waals surface area contributed by atoms with Crippen molar-refractivity contribution in [1.29, 1.82) is 0 Å². The van der Waals surface area contributed by atoms with E-state index in [1.807, 2.05) is 115 Å². The molecule has 1 saturated heterocycles. The van der Waals surface area contributed by atoms with Gasteiger partial charge in [-0.1, -0.05) is 119 Å². The van der Waals surface area contributed by atoms with E-state index in [0.29, 0.717) is 159 Å². The Morgan fingerprint density at radius 1 is 0.394 bits per heavy atom. The first kappa shape index (κ1) is 93.7. The summed E-state index contributed by atoms with van der Waals surface area (Å²) in [5.74, 6) is 3.50. The normalized spacial score (nSPS) is 12.2. The van der Waals surface area contributed by atoms with Crippen LogP contribution in [0.25, 0.3) is 43.1 Å². The molecule has 0 aliphatic carbocycles. The van der Waals surface area contributed by atoms with Gasteiger partial charge in [0.2, 0.25) is 0 Å². The molecule has 0 atom stereocenters. The van der Waals surface area contributed by atoms with Gasteiger partial charge >= 0.3 is 0 Å². The monoisotopic (exact) mass is 1780 g/mol. The fraction of sp³-hybridized carbons (Fsp3) is 0.286. The van der Waals surface area contributed by atoms with E-state index in [0.717, 1.165) is 147 Å². The number of carbonyl (C=O) groups is 4. The third-order valence-corrected chi connectivity index (χ3v) is 22.9. The fourth-order valence-corrected chi connectivity index (χ4v) is 15.8. The van der Waals surface area contributed by atoms with Gasteiger partial charge in [-0.2, -0.15) is 0 Å². The number of hydrogen-bond donors (Lipinski definition) is 8. The van der Waals surface area contributed by atoms with E-state index < -0.39 is 0 Å². The molecule has 25 nitrogen and oxygen atoms in total. The number of aryl methyl sites for hydroxylation is 4. The van der Waals surface area contributed by atoms with Gasteiger partial charge in [-0.05, 0) is 221 Å². The summed E-state index contributed by atoms with van der Waals surface area (Å²) in [7, 11) is 0. The zero-order valence-corrected chi connectivity index (χ0v) is 75.2. The van der Waals surface area contributed by atoms with E-state index in [2.05, 4.69) is 133 Å². The van der Waals surface area contributed by atoms with Gasteiger partial charge in [-0.25, -0.2) is 34.9 Å². The molecule has 0 spiro atoms. The molecule has 15 rings (SSSR count). The van der Waals surface area contributed by atoms with E-state index in [4.69, 9.17) is 69.3 Å². The van der Waals surface area contributed by atoms with Crippen LogP contribution < -0.4 is 44.2 Å². The lowest BCUT2D eigenvalue weighted by Crippen LogP contribution is -2.49. The number of hydrogen-bond acceptors (Lipinski definition) is 24. The van der Waals surface area contributed by atoms with Crippen LogP contribution >= 0.6 is 46.4 Å². The zero-order valence-electron chi connectivity index (χ0n) is 72.2. The highest BCUT2D eigenvalue weighted by Gasteiger charge is 2.23. The van der Waals surface area contributed by atoms with Crippen molar-refractivity contribution < 1.29 is 19.2 Å². The predicted molar refractivity (Wildman–Crippen MR) is 515 cm³/mol. The van der Waals surface area contributed by atoms with Crippen molar-refractivity contribution in [3.63, 3.8) is 0 Å². The number of benzene rings is 4. The molecule has 10 aromatic heterocycles. The maximum absolute atomic E-state index is 13.1. The largest absolute Gasteiger partial charge is 0.383 e. The molecule has 656 valence electrons. The van der Waals surface area contributed by atoms with Gasteiger partial charge in [0.1, 0.15) is 40.7 Å². The summed E-state index contributed by atoms with van der Waals surface area (Å²) in [6.07, 6.45) is 25.5. The minimum atomic E-state index is -0.172. The highest BCUT2D eigenvalue weighted by atomic mass is 35.5. The van der Waals surface area contributed by atoms with Crippen LogP contribution in [-0.4, -0.2) is 152 Å². The number of anilines is 7. The Bertz CT molecular complexity index is 5910. The topological polar surface area (TPSA) is 359 Å². The lowest BCUT2D eigenvalue weighted by Gasteiger charge is -2.36. The Hall–Kier alpha value is -12.5. The molecule has 1 amide bonds. The van der Waals surface area contributed by atoms with Gasteiger partial charge < -0.3 is 49.1 Å². The van der Waals surface area contributed by atoms with Gasteiger partial charge in [-0.3, -0.25) is 43.9 Å². The number of nitrogens with one attached hydrogen (secondary N) is 4. The Labute approximate surface area is 760 Å². The number of nitrogens with two attached hydrogens (primary N) is 4. The number of amides is 1. The van der Waals surface area contributed by atoms with Crippen LogP contribution in [0.1, 0.15) is 154 Å². The third-order valence-electron chi connectivity index (χ3n) is 22.1. The molecule has 11 heterocycles. The maximum atomic E-state index is 13.1. The molecule has 0 radical (unpaired) electrons. The summed E-state index contributed by atoms with van der Waals surface area (Å²) in [5, 5.41) is 22.3. The smallest absolute Gasteiger partial charge is 0.253 e. The summed E-state index contributed by atoms with van der Waals surface area (Å²) < 4.78 is 0. The highest BCUT2D eigenvalue weighted by molar-refractivity contribution is 6.32. The second-order valence-electron chi connectivity index (χ2n) is 32.0. The lowest BCUT2D eigenvalue weighted by molar-refractivity contribution is 0.0945. The molecule has 14 aromatic rings. The molecular weight excluding hydrogens is 1680 g/mol. The number of piperazine rings is 1. The molecule has 1 aliphatic rings. The maximum Gasteiger partial charge on any atom is 0.253 e. The molecule has 1 aliphatic heterocycles. The molecular formula is C98H107Cl4N21O4. The Kier molecular flexibility index (Phi) is 34.0. The van der Waals surface area contributed by atoms with Crippen molar-refractivity contribution in [2.24, 2.45) is 0 Å². The number of fused-ring (bicyclic) bond motifs is 4. The van der Waals surface area contributed by atoms with E-state index >= 15 is 0 Å². The van der Waals surface area contributed by atoms with Gasteiger partial charge in [0.05, 0.1) is 48.0 Å². The highest BCUT2D eigenvalue weighted by Crippen LogP contribution is 2.30. The second kappa shape index (κ2) is 46.1. The molecule has 4 aromatic carbocycles. The van der Waals surface area contributed by atoms with E-state index in [1.165, 1.54) is 12.4 Å². The summed E-state index contributed by atoms with van der Waals surface area (Å²) >= 11 is 24.6. The number of rotatable bonds is 33. The quantitative estimate of drug-likeness (QED) is 0.0140. The lowest BCUT2D eigenvalue weighted by atomic mass is 10.0. The number of pyridine rings is 10. The number of halogens is 4. The van der Waals surface area contributed by atoms with Crippen molar-refractivity contribution in [2.75, 3.05) is 84.7 Å². The Morgan fingerprint density at radius 3 is 1.23 bits per heavy atom. The number of ketones is 3.